The first kappa shape index (κ1) is 13.1. The average molecular weight is 279 g/mol. The van der Waals surface area contributed by atoms with Crippen LogP contribution >= 0.6 is 0 Å². The SMILES string of the molecule is NC1c2ccccc2CCC1S(=O)(=O)C1CCCC1. The number of benzene rings is 1. The Morgan fingerprint density at radius 1 is 1.05 bits per heavy atom. The molecule has 3 nitrogen and oxygen atoms in total. The van der Waals surface area contributed by atoms with Crippen molar-refractivity contribution in [2.75, 3.05) is 0 Å². The van der Waals surface area contributed by atoms with Gasteiger partial charge in [-0.15, -0.1) is 0 Å². The van der Waals surface area contributed by atoms with Gasteiger partial charge >= 0.3 is 0 Å². The highest BCUT2D eigenvalue weighted by Gasteiger charge is 2.41. The summed E-state index contributed by atoms with van der Waals surface area (Å²) in [5.74, 6) is 0. The Hall–Kier alpha value is -0.870. The summed E-state index contributed by atoms with van der Waals surface area (Å²) in [6, 6.07) is 7.64. The second kappa shape index (κ2) is 4.91. The van der Waals surface area contributed by atoms with Crippen LogP contribution in [0.4, 0.5) is 0 Å². The smallest absolute Gasteiger partial charge is 0.157 e. The molecule has 19 heavy (non-hydrogen) atoms. The zero-order valence-electron chi connectivity index (χ0n) is 11.1. The van der Waals surface area contributed by atoms with Gasteiger partial charge < -0.3 is 5.73 Å². The Labute approximate surface area is 115 Å². The van der Waals surface area contributed by atoms with Crippen molar-refractivity contribution in [3.63, 3.8) is 0 Å². The van der Waals surface area contributed by atoms with Gasteiger partial charge in [0.05, 0.1) is 10.5 Å². The average Bonchev–Trinajstić information content (AvgIpc) is 2.94. The molecular formula is C15H21NO2S. The molecule has 1 fully saturated rings. The van der Waals surface area contributed by atoms with Gasteiger partial charge in [0.1, 0.15) is 0 Å². The third-order valence-corrected chi connectivity index (χ3v) is 7.48. The normalized spacial score (nSPS) is 28.3. The molecule has 4 heteroatoms. The minimum absolute atomic E-state index is 0.145. The maximum atomic E-state index is 12.7. The van der Waals surface area contributed by atoms with E-state index in [1.807, 2.05) is 18.2 Å². The molecule has 1 saturated carbocycles. The summed E-state index contributed by atoms with van der Waals surface area (Å²) in [5, 5.41) is -0.528. The van der Waals surface area contributed by atoms with Crippen LogP contribution in [-0.4, -0.2) is 18.9 Å². The van der Waals surface area contributed by atoms with Gasteiger partial charge in [0, 0.05) is 6.04 Å². The molecule has 2 atom stereocenters. The lowest BCUT2D eigenvalue weighted by molar-refractivity contribution is 0.510. The lowest BCUT2D eigenvalue weighted by atomic mass is 9.88. The molecule has 3 rings (SSSR count). The van der Waals surface area contributed by atoms with E-state index in [2.05, 4.69) is 6.07 Å². The largest absolute Gasteiger partial charge is 0.323 e. The molecule has 1 aromatic carbocycles. The Kier molecular flexibility index (Phi) is 3.39. The van der Waals surface area contributed by atoms with Gasteiger partial charge in [-0.05, 0) is 36.8 Å². The topological polar surface area (TPSA) is 60.2 Å². The van der Waals surface area contributed by atoms with Gasteiger partial charge in [0.15, 0.2) is 9.84 Å². The van der Waals surface area contributed by atoms with Crippen LogP contribution in [0.3, 0.4) is 0 Å². The third kappa shape index (κ3) is 2.21. The summed E-state index contributed by atoms with van der Waals surface area (Å²) >= 11 is 0. The van der Waals surface area contributed by atoms with Crippen molar-refractivity contribution < 1.29 is 8.42 Å². The van der Waals surface area contributed by atoms with Gasteiger partial charge in [0.2, 0.25) is 0 Å². The highest BCUT2D eigenvalue weighted by atomic mass is 32.2. The van der Waals surface area contributed by atoms with E-state index < -0.39 is 9.84 Å². The molecule has 2 N–H and O–H groups in total. The van der Waals surface area contributed by atoms with Gasteiger partial charge in [-0.3, -0.25) is 0 Å². The van der Waals surface area contributed by atoms with Crippen molar-refractivity contribution in [1.29, 1.82) is 0 Å². The second-order valence-electron chi connectivity index (χ2n) is 5.80. The van der Waals surface area contributed by atoms with Crippen molar-refractivity contribution >= 4 is 9.84 Å². The van der Waals surface area contributed by atoms with Crippen LogP contribution < -0.4 is 5.73 Å². The minimum Gasteiger partial charge on any atom is -0.323 e. The quantitative estimate of drug-likeness (QED) is 0.904. The van der Waals surface area contributed by atoms with Crippen LogP contribution in [0.5, 0.6) is 0 Å². The maximum Gasteiger partial charge on any atom is 0.157 e. The molecule has 0 aliphatic heterocycles. The fraction of sp³-hybridized carbons (Fsp3) is 0.600. The van der Waals surface area contributed by atoms with Gasteiger partial charge in [-0.2, -0.15) is 0 Å². The van der Waals surface area contributed by atoms with E-state index in [1.165, 1.54) is 5.56 Å². The third-order valence-electron chi connectivity index (χ3n) is 4.70. The highest BCUT2D eigenvalue weighted by Crippen LogP contribution is 2.37. The lowest BCUT2D eigenvalue weighted by Crippen LogP contribution is -2.41. The van der Waals surface area contributed by atoms with Crippen LogP contribution in [0.2, 0.25) is 0 Å². The number of rotatable bonds is 2. The predicted octanol–water partition coefficient (Wildman–Crippen LogP) is 2.36. The van der Waals surface area contributed by atoms with Crippen LogP contribution in [0.15, 0.2) is 24.3 Å². The van der Waals surface area contributed by atoms with Gasteiger partial charge in [0.25, 0.3) is 0 Å². The molecule has 0 aromatic heterocycles. The van der Waals surface area contributed by atoms with E-state index in [9.17, 15) is 8.42 Å². The van der Waals surface area contributed by atoms with E-state index in [0.717, 1.165) is 37.7 Å². The molecule has 0 spiro atoms. The van der Waals surface area contributed by atoms with E-state index in [0.29, 0.717) is 6.42 Å². The zero-order valence-corrected chi connectivity index (χ0v) is 11.9. The van der Waals surface area contributed by atoms with Crippen molar-refractivity contribution in [1.82, 2.24) is 0 Å². The standard InChI is InChI=1S/C15H21NO2S/c16-15-13-8-4-1-5-11(13)9-10-14(15)19(17,18)12-6-2-3-7-12/h1,4-5,8,12,14-15H,2-3,6-7,9-10,16H2. The minimum atomic E-state index is -3.08. The zero-order chi connectivity index (χ0) is 13.5. The molecule has 0 radical (unpaired) electrons. The number of hydrogen-bond donors (Lipinski definition) is 1. The molecule has 0 heterocycles. The van der Waals surface area contributed by atoms with Crippen molar-refractivity contribution in [3.8, 4) is 0 Å². The van der Waals surface area contributed by atoms with E-state index in [4.69, 9.17) is 5.73 Å². The molecule has 1 aromatic rings. The fourth-order valence-electron chi connectivity index (χ4n) is 3.60. The monoisotopic (exact) mass is 279 g/mol. The van der Waals surface area contributed by atoms with E-state index >= 15 is 0 Å². The Morgan fingerprint density at radius 3 is 2.47 bits per heavy atom. The number of fused-ring (bicyclic) bond motifs is 1. The number of nitrogens with two attached hydrogens (primary N) is 1. The maximum absolute atomic E-state index is 12.7. The van der Waals surface area contributed by atoms with Crippen LogP contribution in [0, 0.1) is 0 Å². The highest BCUT2D eigenvalue weighted by molar-refractivity contribution is 7.92. The molecule has 104 valence electrons. The predicted molar refractivity (Wildman–Crippen MR) is 76.7 cm³/mol. The molecular weight excluding hydrogens is 258 g/mol. The Morgan fingerprint density at radius 2 is 1.74 bits per heavy atom. The van der Waals surface area contributed by atoms with E-state index in [1.54, 1.807) is 0 Å². The number of sulfone groups is 1. The molecule has 0 bridgehead atoms. The van der Waals surface area contributed by atoms with E-state index in [-0.39, 0.29) is 16.5 Å². The lowest BCUT2D eigenvalue weighted by Gasteiger charge is -2.32. The summed E-state index contributed by atoms with van der Waals surface area (Å²) in [7, 11) is -3.08. The first-order chi connectivity index (χ1) is 9.10. The Bertz CT molecular complexity index is 561. The van der Waals surface area contributed by atoms with Crippen LogP contribution in [0.25, 0.3) is 0 Å². The van der Waals surface area contributed by atoms with Crippen molar-refractivity contribution in [2.24, 2.45) is 5.73 Å². The molecule has 2 aliphatic rings. The van der Waals surface area contributed by atoms with Crippen molar-refractivity contribution in [2.45, 2.75) is 55.1 Å². The fourth-order valence-corrected chi connectivity index (χ4v) is 6.08. The first-order valence-corrected chi connectivity index (χ1v) is 8.78. The Balaban J connectivity index is 1.91. The van der Waals surface area contributed by atoms with Crippen molar-refractivity contribution in [3.05, 3.63) is 35.4 Å². The van der Waals surface area contributed by atoms with Crippen LogP contribution in [0.1, 0.15) is 49.3 Å². The number of hydrogen-bond acceptors (Lipinski definition) is 3. The number of aryl methyl sites for hydroxylation is 1. The van der Waals surface area contributed by atoms with Gasteiger partial charge in [-0.1, -0.05) is 37.1 Å². The molecule has 0 saturated heterocycles. The molecule has 2 aliphatic carbocycles. The molecule has 2 unspecified atom stereocenters. The summed E-state index contributed by atoms with van der Waals surface area (Å²) < 4.78 is 25.5. The molecule has 0 amide bonds. The summed E-state index contributed by atoms with van der Waals surface area (Å²) in [6.45, 7) is 0. The van der Waals surface area contributed by atoms with Gasteiger partial charge in [-0.25, -0.2) is 8.42 Å². The van der Waals surface area contributed by atoms with Crippen LogP contribution in [-0.2, 0) is 16.3 Å². The summed E-state index contributed by atoms with van der Waals surface area (Å²) in [5.41, 5.74) is 8.51. The summed E-state index contributed by atoms with van der Waals surface area (Å²) in [4.78, 5) is 0. The first-order valence-electron chi connectivity index (χ1n) is 7.17. The second-order valence-corrected chi connectivity index (χ2v) is 8.25. The summed E-state index contributed by atoms with van der Waals surface area (Å²) in [6.07, 6.45) is 5.25.